The van der Waals surface area contributed by atoms with E-state index in [1.165, 1.54) is 0 Å². The van der Waals surface area contributed by atoms with Crippen LogP contribution >= 0.6 is 11.6 Å². The molecule has 0 bridgehead atoms. The number of nitrogens with two attached hydrogens (primary N) is 1. The lowest BCUT2D eigenvalue weighted by Gasteiger charge is -2.10. The lowest BCUT2D eigenvalue weighted by Crippen LogP contribution is -2.16. The third kappa shape index (κ3) is 3.39. The van der Waals surface area contributed by atoms with Gasteiger partial charge in [0.2, 0.25) is 10.0 Å². The molecule has 8 heteroatoms. The number of anilines is 2. The predicted molar refractivity (Wildman–Crippen MR) is 73.4 cm³/mol. The Kier molecular flexibility index (Phi) is 3.68. The second kappa shape index (κ2) is 5.10. The summed E-state index contributed by atoms with van der Waals surface area (Å²) < 4.78 is 31.1. The zero-order valence-electron chi connectivity index (χ0n) is 10.1. The fraction of sp³-hybridized carbons (Fsp3) is 0.182. The highest BCUT2D eigenvalue weighted by Crippen LogP contribution is 2.29. The third-order valence-corrected chi connectivity index (χ3v) is 3.82. The van der Waals surface area contributed by atoms with E-state index < -0.39 is 10.0 Å². The molecule has 0 saturated heterocycles. The van der Waals surface area contributed by atoms with Crippen LogP contribution in [0.2, 0.25) is 5.02 Å². The van der Waals surface area contributed by atoms with Gasteiger partial charge in [0.1, 0.15) is 17.2 Å². The van der Waals surface area contributed by atoms with Crippen molar-refractivity contribution in [1.29, 1.82) is 0 Å². The molecule has 0 aliphatic heterocycles. The summed E-state index contributed by atoms with van der Waals surface area (Å²) in [6.45, 7) is 1.68. The average molecular weight is 302 g/mol. The van der Waals surface area contributed by atoms with E-state index in [1.54, 1.807) is 31.2 Å². The minimum Gasteiger partial charge on any atom is -0.397 e. The van der Waals surface area contributed by atoms with Crippen molar-refractivity contribution in [2.24, 2.45) is 0 Å². The Morgan fingerprint density at radius 1 is 1.47 bits per heavy atom. The highest BCUT2D eigenvalue weighted by atomic mass is 35.5. The van der Waals surface area contributed by atoms with Gasteiger partial charge in [-0.2, -0.15) is 0 Å². The Morgan fingerprint density at radius 3 is 2.79 bits per heavy atom. The SMILES string of the molecule is Cc1cc(CS(=O)(=O)Nc2c(N)cccc2Cl)no1. The van der Waals surface area contributed by atoms with E-state index in [0.29, 0.717) is 11.5 Å². The fourth-order valence-electron chi connectivity index (χ4n) is 1.52. The second-order valence-electron chi connectivity index (χ2n) is 3.99. The van der Waals surface area contributed by atoms with Crippen molar-refractivity contribution in [2.75, 3.05) is 10.5 Å². The van der Waals surface area contributed by atoms with Gasteiger partial charge in [-0.15, -0.1) is 0 Å². The number of nitrogen functional groups attached to an aromatic ring is 1. The van der Waals surface area contributed by atoms with Gasteiger partial charge in [-0.3, -0.25) is 4.72 Å². The lowest BCUT2D eigenvalue weighted by molar-refractivity contribution is 0.392. The zero-order valence-corrected chi connectivity index (χ0v) is 11.6. The number of para-hydroxylation sites is 1. The van der Waals surface area contributed by atoms with E-state index in [4.69, 9.17) is 21.9 Å². The molecule has 0 fully saturated rings. The molecule has 0 saturated carbocycles. The first-order valence-electron chi connectivity index (χ1n) is 5.34. The summed E-state index contributed by atoms with van der Waals surface area (Å²) >= 11 is 5.90. The first-order valence-corrected chi connectivity index (χ1v) is 7.37. The summed E-state index contributed by atoms with van der Waals surface area (Å²) in [6.07, 6.45) is 0. The summed E-state index contributed by atoms with van der Waals surface area (Å²) in [5.74, 6) is 0.233. The molecule has 0 aliphatic carbocycles. The van der Waals surface area contributed by atoms with Crippen LogP contribution < -0.4 is 10.5 Å². The van der Waals surface area contributed by atoms with Crippen LogP contribution in [0.1, 0.15) is 11.5 Å². The van der Waals surface area contributed by atoms with Gasteiger partial charge in [-0.25, -0.2) is 8.42 Å². The van der Waals surface area contributed by atoms with Gasteiger partial charge in [-0.1, -0.05) is 22.8 Å². The molecule has 6 nitrogen and oxygen atoms in total. The Balaban J connectivity index is 2.22. The number of sulfonamides is 1. The monoisotopic (exact) mass is 301 g/mol. The minimum atomic E-state index is -3.66. The molecule has 19 heavy (non-hydrogen) atoms. The molecule has 0 amide bonds. The Hall–Kier alpha value is -1.73. The van der Waals surface area contributed by atoms with E-state index in [9.17, 15) is 8.42 Å². The van der Waals surface area contributed by atoms with Crippen molar-refractivity contribution >= 4 is 33.0 Å². The molecule has 0 spiro atoms. The molecule has 2 rings (SSSR count). The first-order chi connectivity index (χ1) is 8.87. The van der Waals surface area contributed by atoms with Crippen molar-refractivity contribution in [3.8, 4) is 0 Å². The molecule has 0 aliphatic rings. The zero-order chi connectivity index (χ0) is 14.0. The van der Waals surface area contributed by atoms with Gasteiger partial charge < -0.3 is 10.3 Å². The van der Waals surface area contributed by atoms with Crippen molar-refractivity contribution in [3.05, 3.63) is 40.7 Å². The Bertz CT molecular complexity index is 677. The number of aromatic nitrogens is 1. The molecular weight excluding hydrogens is 290 g/mol. The average Bonchev–Trinajstić information content (AvgIpc) is 2.69. The molecule has 2 aromatic rings. The number of hydrogen-bond donors (Lipinski definition) is 2. The predicted octanol–water partition coefficient (Wildman–Crippen LogP) is 2.16. The van der Waals surface area contributed by atoms with Crippen LogP contribution in [-0.2, 0) is 15.8 Å². The molecule has 0 unspecified atom stereocenters. The van der Waals surface area contributed by atoms with Crippen LogP contribution in [0.4, 0.5) is 11.4 Å². The smallest absolute Gasteiger partial charge is 0.238 e. The molecule has 102 valence electrons. The molecule has 0 atom stereocenters. The summed E-state index contributed by atoms with van der Waals surface area (Å²) in [5.41, 5.74) is 6.42. The van der Waals surface area contributed by atoms with Gasteiger partial charge >= 0.3 is 0 Å². The highest BCUT2D eigenvalue weighted by Gasteiger charge is 2.17. The number of rotatable bonds is 4. The number of hydrogen-bond acceptors (Lipinski definition) is 5. The van der Waals surface area contributed by atoms with E-state index in [2.05, 4.69) is 9.88 Å². The normalized spacial score (nSPS) is 11.5. The quantitative estimate of drug-likeness (QED) is 0.843. The van der Waals surface area contributed by atoms with Crippen molar-refractivity contribution in [2.45, 2.75) is 12.7 Å². The number of aryl methyl sites for hydroxylation is 1. The van der Waals surface area contributed by atoms with E-state index in [0.717, 1.165) is 0 Å². The molecular formula is C11H12ClN3O3S. The van der Waals surface area contributed by atoms with Gasteiger partial charge in [0.25, 0.3) is 0 Å². The Labute approximate surface area is 115 Å². The standard InChI is InChI=1S/C11H12ClN3O3S/c1-7-5-8(14-18-7)6-19(16,17)15-11-9(12)3-2-4-10(11)13/h2-5,15H,6,13H2,1H3. The van der Waals surface area contributed by atoms with Crippen LogP contribution in [0.3, 0.4) is 0 Å². The van der Waals surface area contributed by atoms with Gasteiger partial charge in [0, 0.05) is 6.07 Å². The van der Waals surface area contributed by atoms with Gasteiger partial charge in [0.05, 0.1) is 16.4 Å². The Morgan fingerprint density at radius 2 is 2.21 bits per heavy atom. The molecule has 1 aromatic heterocycles. The van der Waals surface area contributed by atoms with E-state index in [-0.39, 0.29) is 22.2 Å². The van der Waals surface area contributed by atoms with Crippen LogP contribution in [0.25, 0.3) is 0 Å². The maximum absolute atomic E-state index is 12.0. The minimum absolute atomic E-state index is 0.171. The van der Waals surface area contributed by atoms with Crippen molar-refractivity contribution in [1.82, 2.24) is 5.16 Å². The summed E-state index contributed by atoms with van der Waals surface area (Å²) in [5, 5.41) is 3.87. The summed E-state index contributed by atoms with van der Waals surface area (Å²) in [7, 11) is -3.66. The van der Waals surface area contributed by atoms with Crippen LogP contribution in [-0.4, -0.2) is 13.6 Å². The number of nitrogens with zero attached hydrogens (tertiary/aromatic N) is 1. The second-order valence-corrected chi connectivity index (χ2v) is 6.12. The number of halogens is 1. The molecule has 1 heterocycles. The first kappa shape index (κ1) is 13.7. The third-order valence-electron chi connectivity index (χ3n) is 2.32. The van der Waals surface area contributed by atoms with E-state index in [1.807, 2.05) is 0 Å². The number of benzene rings is 1. The van der Waals surface area contributed by atoms with Crippen LogP contribution in [0.15, 0.2) is 28.8 Å². The molecule has 1 aromatic carbocycles. The van der Waals surface area contributed by atoms with Crippen molar-refractivity contribution in [3.63, 3.8) is 0 Å². The van der Waals surface area contributed by atoms with E-state index >= 15 is 0 Å². The summed E-state index contributed by atoms with van der Waals surface area (Å²) in [6, 6.07) is 6.30. The van der Waals surface area contributed by atoms with Gasteiger partial charge in [-0.05, 0) is 19.1 Å². The van der Waals surface area contributed by atoms with Crippen LogP contribution in [0.5, 0.6) is 0 Å². The van der Waals surface area contributed by atoms with Gasteiger partial charge in [0.15, 0.2) is 0 Å². The summed E-state index contributed by atoms with van der Waals surface area (Å²) in [4.78, 5) is 0. The lowest BCUT2D eigenvalue weighted by atomic mass is 10.3. The topological polar surface area (TPSA) is 98.2 Å². The van der Waals surface area contributed by atoms with Crippen molar-refractivity contribution < 1.29 is 12.9 Å². The maximum atomic E-state index is 12.0. The molecule has 0 radical (unpaired) electrons. The van der Waals surface area contributed by atoms with Crippen LogP contribution in [0, 0.1) is 6.92 Å². The largest absolute Gasteiger partial charge is 0.397 e. The number of nitrogens with one attached hydrogen (secondary N) is 1. The maximum Gasteiger partial charge on any atom is 0.238 e. The fourth-order valence-corrected chi connectivity index (χ4v) is 2.94. The highest BCUT2D eigenvalue weighted by molar-refractivity contribution is 7.91. The molecule has 3 N–H and O–H groups in total.